The van der Waals surface area contributed by atoms with Crippen LogP contribution in [-0.2, 0) is 0 Å². The molecule has 1 aromatic carbocycles. The van der Waals surface area contributed by atoms with E-state index in [0.717, 1.165) is 0 Å². The largest absolute Gasteiger partial charge is 0.374 e. The van der Waals surface area contributed by atoms with Gasteiger partial charge < -0.3 is 0 Å². The maximum atomic E-state index is 11.8. The first kappa shape index (κ1) is 13.6. The lowest BCUT2D eigenvalue weighted by molar-refractivity contribution is -0.816. The van der Waals surface area contributed by atoms with Gasteiger partial charge in [-0.25, -0.2) is 10.2 Å². The Morgan fingerprint density at radius 1 is 1.06 bits per heavy atom. The van der Waals surface area contributed by atoms with Gasteiger partial charge in [0.25, 0.3) is 5.91 Å². The van der Waals surface area contributed by atoms with Crippen LogP contribution in [0.3, 0.4) is 0 Å². The minimum atomic E-state index is -0.693. The number of amides is 2. The molecule has 0 saturated heterocycles. The fourth-order valence-corrected chi connectivity index (χ4v) is 1.22. The monoisotopic (exact) mass is 251 g/mol. The molecule has 18 heavy (non-hydrogen) atoms. The van der Waals surface area contributed by atoms with Gasteiger partial charge in [-0.2, -0.15) is 0 Å². The first-order valence-corrected chi connectivity index (χ1v) is 4.89. The van der Waals surface area contributed by atoms with Crippen LogP contribution in [-0.4, -0.2) is 30.5 Å². The number of carbonyl (C=O) groups excluding carboxylic acids is 2. The molecule has 1 N–H and O–H groups in total. The number of hydrogen-bond acceptors (Lipinski definition) is 6. The molecule has 0 saturated carbocycles. The van der Waals surface area contributed by atoms with Crippen molar-refractivity contribution in [3.8, 4) is 0 Å². The molecule has 94 valence electrons. The number of quaternary nitrogens is 1. The molecule has 0 aliphatic heterocycles. The van der Waals surface area contributed by atoms with Gasteiger partial charge in [0.2, 0.25) is 0 Å². The zero-order valence-electron chi connectivity index (χ0n) is 9.78. The van der Waals surface area contributed by atoms with Crippen LogP contribution in [0.2, 0.25) is 0 Å². The van der Waals surface area contributed by atoms with Crippen molar-refractivity contribution >= 4 is 11.8 Å². The lowest BCUT2D eigenvalue weighted by Crippen LogP contribution is -2.39. The molecule has 8 nitrogen and oxygen atoms in total. The van der Waals surface area contributed by atoms with E-state index in [2.05, 4.69) is 10.6 Å². The van der Waals surface area contributed by atoms with E-state index < -0.39 is 16.4 Å². The Hall–Kier alpha value is -2.48. The number of rotatable bonds is 4. The topological polar surface area (TPSA) is 105 Å². The van der Waals surface area contributed by atoms with Crippen LogP contribution in [0, 0.1) is 9.81 Å². The molecular formula is C10H11N4O4+. The van der Waals surface area contributed by atoms with Crippen molar-refractivity contribution < 1.29 is 14.2 Å². The summed E-state index contributed by atoms with van der Waals surface area (Å²) in [4.78, 5) is 43.4. The van der Waals surface area contributed by atoms with Crippen LogP contribution in [0.5, 0.6) is 0 Å². The molecule has 0 heterocycles. The zero-order chi connectivity index (χ0) is 13.8. The molecule has 0 aliphatic carbocycles. The van der Waals surface area contributed by atoms with Crippen molar-refractivity contribution in [1.82, 2.24) is 5.43 Å². The average molecular weight is 251 g/mol. The Bertz CT molecular complexity index is 495. The summed E-state index contributed by atoms with van der Waals surface area (Å²) >= 11 is 0. The van der Waals surface area contributed by atoms with Crippen LogP contribution in [0.4, 0.5) is 0 Å². The van der Waals surface area contributed by atoms with E-state index in [9.17, 15) is 19.4 Å². The Morgan fingerprint density at radius 2 is 1.56 bits per heavy atom. The quantitative estimate of drug-likeness (QED) is 0.489. The fraction of sp³-hybridized carbons (Fsp3) is 0.200. The molecule has 0 fully saturated rings. The van der Waals surface area contributed by atoms with Gasteiger partial charge in [-0.05, 0) is 24.3 Å². The van der Waals surface area contributed by atoms with Crippen molar-refractivity contribution in [2.45, 2.75) is 0 Å². The van der Waals surface area contributed by atoms with Crippen molar-refractivity contribution in [3.63, 3.8) is 0 Å². The molecule has 0 unspecified atom stereocenters. The van der Waals surface area contributed by atoms with E-state index in [1.54, 1.807) is 5.43 Å². The normalized spacial score (nSPS) is 10.6. The fourth-order valence-electron chi connectivity index (χ4n) is 1.22. The summed E-state index contributed by atoms with van der Waals surface area (Å²) in [6.45, 7) is 0. The molecule has 0 aliphatic rings. The number of nitroso groups, excluding NO2 is 2. The van der Waals surface area contributed by atoms with E-state index in [1.165, 1.54) is 38.4 Å². The molecule has 8 heteroatoms. The van der Waals surface area contributed by atoms with Crippen LogP contribution < -0.4 is 5.43 Å². The third-order valence-corrected chi connectivity index (χ3v) is 2.24. The van der Waals surface area contributed by atoms with E-state index in [0.29, 0.717) is 0 Å². The van der Waals surface area contributed by atoms with Crippen LogP contribution >= 0.6 is 0 Å². The van der Waals surface area contributed by atoms with Crippen molar-refractivity contribution in [1.29, 1.82) is 0 Å². The van der Waals surface area contributed by atoms with Gasteiger partial charge >= 0.3 is 5.91 Å². The van der Waals surface area contributed by atoms with Gasteiger partial charge in [0, 0.05) is 5.56 Å². The maximum absolute atomic E-state index is 11.8. The smallest absolute Gasteiger partial charge is 0.267 e. The highest BCUT2D eigenvalue weighted by Gasteiger charge is 2.30. The summed E-state index contributed by atoms with van der Waals surface area (Å²) in [6, 6.07) is 5.43. The second kappa shape index (κ2) is 5.23. The van der Waals surface area contributed by atoms with Crippen LogP contribution in [0.25, 0.3) is 0 Å². The van der Waals surface area contributed by atoms with E-state index >= 15 is 0 Å². The second-order valence-corrected chi connectivity index (χ2v) is 3.89. The van der Waals surface area contributed by atoms with Crippen LogP contribution in [0.15, 0.2) is 34.8 Å². The molecule has 0 bridgehead atoms. The summed E-state index contributed by atoms with van der Waals surface area (Å²) in [5, 5.41) is 4.93. The lowest BCUT2D eigenvalue weighted by Gasteiger charge is -2.14. The van der Waals surface area contributed by atoms with Crippen LogP contribution in [0.1, 0.15) is 20.7 Å². The Morgan fingerprint density at radius 3 is 2.00 bits per heavy atom. The molecule has 0 spiro atoms. The van der Waals surface area contributed by atoms with Gasteiger partial charge in [-0.1, -0.05) is 4.91 Å². The van der Waals surface area contributed by atoms with E-state index in [4.69, 9.17) is 0 Å². The summed E-state index contributed by atoms with van der Waals surface area (Å²) in [5.74, 6) is -1.18. The minimum absolute atomic E-state index is 0.176. The molecule has 1 aromatic rings. The first-order chi connectivity index (χ1) is 8.42. The summed E-state index contributed by atoms with van der Waals surface area (Å²) in [7, 11) is 2.68. The third kappa shape index (κ3) is 2.80. The minimum Gasteiger partial charge on any atom is -0.267 e. The maximum Gasteiger partial charge on any atom is 0.374 e. The lowest BCUT2D eigenvalue weighted by atomic mass is 10.1. The van der Waals surface area contributed by atoms with Crippen molar-refractivity contribution in [3.05, 3.63) is 45.2 Å². The van der Waals surface area contributed by atoms with Crippen molar-refractivity contribution in [2.75, 3.05) is 14.1 Å². The standard InChI is InChI=1S/C10H10N4O4/c1-14(2,13-18)10(16)8-5-3-7(4-6-8)9(15)11-12-17/h3-6H,1-2H3/p+1. The van der Waals surface area contributed by atoms with Gasteiger partial charge in [0.1, 0.15) is 14.1 Å². The molecule has 0 radical (unpaired) electrons. The summed E-state index contributed by atoms with van der Waals surface area (Å²) in [6.07, 6.45) is 0. The number of hydrogen-bond donors (Lipinski definition) is 1. The van der Waals surface area contributed by atoms with E-state index in [-0.39, 0.29) is 11.1 Å². The highest BCUT2D eigenvalue weighted by atomic mass is 16.3. The predicted octanol–water partition coefficient (Wildman–Crippen LogP) is 0.996. The summed E-state index contributed by atoms with van der Waals surface area (Å²) < 4.78 is -0.693. The molecular weight excluding hydrogens is 240 g/mol. The number of nitrogens with zero attached hydrogens (tertiary/aromatic N) is 3. The van der Waals surface area contributed by atoms with Gasteiger partial charge in [0.15, 0.2) is 5.29 Å². The zero-order valence-corrected chi connectivity index (χ0v) is 9.78. The van der Waals surface area contributed by atoms with Gasteiger partial charge in [0.05, 0.1) is 10.8 Å². The van der Waals surface area contributed by atoms with E-state index in [1.807, 2.05) is 0 Å². The van der Waals surface area contributed by atoms with Gasteiger partial charge in [-0.3, -0.25) is 4.79 Å². The Balaban J connectivity index is 2.96. The third-order valence-electron chi connectivity index (χ3n) is 2.24. The molecule has 0 aromatic heterocycles. The van der Waals surface area contributed by atoms with Gasteiger partial charge in [-0.15, -0.1) is 9.50 Å². The molecule has 0 atom stereocenters. The number of nitrogens with one attached hydrogen (secondary N) is 1. The Kier molecular flexibility index (Phi) is 3.95. The SMILES string of the molecule is C[N+](C)(N=O)C(=O)c1ccc(C(=O)NN=O)cc1. The predicted molar refractivity (Wildman–Crippen MR) is 61.9 cm³/mol. The first-order valence-electron chi connectivity index (χ1n) is 4.89. The molecule has 2 amide bonds. The average Bonchev–Trinajstić information content (AvgIpc) is 2.38. The molecule has 1 rings (SSSR count). The summed E-state index contributed by atoms with van der Waals surface area (Å²) in [5.41, 5.74) is 2.13. The highest BCUT2D eigenvalue weighted by Crippen LogP contribution is 2.11. The van der Waals surface area contributed by atoms with Crippen molar-refractivity contribution in [2.24, 2.45) is 10.6 Å². The highest BCUT2D eigenvalue weighted by molar-refractivity contribution is 5.95. The number of carbonyl (C=O) groups is 2. The second-order valence-electron chi connectivity index (χ2n) is 3.89. The Labute approximate surface area is 102 Å². The number of benzene rings is 1.